The fourth-order valence-electron chi connectivity index (χ4n) is 2.22. The molecule has 2 aromatic rings. The van der Waals surface area contributed by atoms with Crippen LogP contribution in [0.15, 0.2) is 40.9 Å². The van der Waals surface area contributed by atoms with Gasteiger partial charge < -0.3 is 24.8 Å². The highest BCUT2D eigenvalue weighted by molar-refractivity contribution is 9.10. The smallest absolute Gasteiger partial charge is 0.203 e. The van der Waals surface area contributed by atoms with Gasteiger partial charge in [0.05, 0.1) is 21.3 Å². The largest absolute Gasteiger partial charge is 0.493 e. The Morgan fingerprint density at radius 3 is 2.42 bits per heavy atom. The second kappa shape index (κ2) is 8.75. The minimum Gasteiger partial charge on any atom is -0.493 e. The molecule has 2 N–H and O–H groups in total. The summed E-state index contributed by atoms with van der Waals surface area (Å²) in [6.07, 6.45) is 0. The molecular formula is C17H19BrN2O3S. The van der Waals surface area contributed by atoms with E-state index in [1.807, 2.05) is 36.4 Å². The van der Waals surface area contributed by atoms with Crippen molar-refractivity contribution in [3.05, 3.63) is 46.4 Å². The average Bonchev–Trinajstić information content (AvgIpc) is 2.58. The summed E-state index contributed by atoms with van der Waals surface area (Å²) in [5, 5.41) is 6.81. The zero-order chi connectivity index (χ0) is 17.5. The molecule has 24 heavy (non-hydrogen) atoms. The lowest BCUT2D eigenvalue weighted by Crippen LogP contribution is -2.28. The monoisotopic (exact) mass is 410 g/mol. The summed E-state index contributed by atoms with van der Waals surface area (Å²) >= 11 is 8.76. The molecule has 0 aliphatic rings. The molecule has 0 heterocycles. The van der Waals surface area contributed by atoms with Gasteiger partial charge in [-0.1, -0.05) is 22.0 Å². The maximum absolute atomic E-state index is 5.46. The van der Waals surface area contributed by atoms with Crippen LogP contribution in [0.1, 0.15) is 5.56 Å². The molecule has 0 aromatic heterocycles. The Bertz CT molecular complexity index is 725. The Balaban J connectivity index is 2.07. The van der Waals surface area contributed by atoms with Crippen LogP contribution in [0.3, 0.4) is 0 Å². The van der Waals surface area contributed by atoms with E-state index in [9.17, 15) is 0 Å². The van der Waals surface area contributed by atoms with E-state index < -0.39 is 0 Å². The highest BCUT2D eigenvalue weighted by Crippen LogP contribution is 2.39. The summed E-state index contributed by atoms with van der Waals surface area (Å²) in [6.45, 7) is 0.489. The molecule has 128 valence electrons. The number of rotatable bonds is 6. The van der Waals surface area contributed by atoms with Crippen molar-refractivity contribution in [3.63, 3.8) is 0 Å². The van der Waals surface area contributed by atoms with Crippen molar-refractivity contribution >= 4 is 38.9 Å². The van der Waals surface area contributed by atoms with Crippen molar-refractivity contribution in [3.8, 4) is 17.2 Å². The van der Waals surface area contributed by atoms with Crippen molar-refractivity contribution in [1.29, 1.82) is 0 Å². The molecular weight excluding hydrogens is 392 g/mol. The van der Waals surface area contributed by atoms with Crippen LogP contribution in [0.2, 0.25) is 0 Å². The first-order valence-electron chi connectivity index (χ1n) is 7.17. The molecule has 0 aliphatic heterocycles. The SMILES string of the molecule is COc1ccc(CNC(=S)Nc2cccc(Br)c2)c(OC)c1OC. The number of ether oxygens (including phenoxy) is 3. The van der Waals surface area contributed by atoms with Gasteiger partial charge in [-0.3, -0.25) is 0 Å². The Hall–Kier alpha value is -1.99. The third kappa shape index (κ3) is 4.52. The van der Waals surface area contributed by atoms with Crippen LogP contribution in [-0.2, 0) is 6.54 Å². The van der Waals surface area contributed by atoms with E-state index in [1.165, 1.54) is 0 Å². The van der Waals surface area contributed by atoms with E-state index >= 15 is 0 Å². The molecule has 2 aromatic carbocycles. The summed E-state index contributed by atoms with van der Waals surface area (Å²) in [5.41, 5.74) is 1.81. The predicted octanol–water partition coefficient (Wildman–Crippen LogP) is 3.96. The van der Waals surface area contributed by atoms with Gasteiger partial charge in [0.1, 0.15) is 0 Å². The van der Waals surface area contributed by atoms with Gasteiger partial charge >= 0.3 is 0 Å². The van der Waals surface area contributed by atoms with Gasteiger partial charge in [0, 0.05) is 22.3 Å². The molecule has 7 heteroatoms. The molecule has 0 saturated heterocycles. The predicted molar refractivity (Wildman–Crippen MR) is 103 cm³/mol. The first-order valence-corrected chi connectivity index (χ1v) is 8.37. The number of benzene rings is 2. The fraction of sp³-hybridized carbons (Fsp3) is 0.235. The molecule has 2 rings (SSSR count). The number of halogens is 1. The third-order valence-corrected chi connectivity index (χ3v) is 4.05. The van der Waals surface area contributed by atoms with Gasteiger partial charge in [-0.2, -0.15) is 0 Å². The molecule has 0 spiro atoms. The number of hydrogen-bond acceptors (Lipinski definition) is 4. The second-order valence-corrected chi connectivity index (χ2v) is 6.14. The van der Waals surface area contributed by atoms with Gasteiger partial charge in [-0.25, -0.2) is 0 Å². The average molecular weight is 411 g/mol. The quantitative estimate of drug-likeness (QED) is 0.702. The maximum Gasteiger partial charge on any atom is 0.203 e. The minimum atomic E-state index is 0.489. The molecule has 0 aliphatic carbocycles. The Kier molecular flexibility index (Phi) is 6.69. The lowest BCUT2D eigenvalue weighted by Gasteiger charge is -2.17. The number of nitrogens with one attached hydrogen (secondary N) is 2. The van der Waals surface area contributed by atoms with Crippen LogP contribution in [0.25, 0.3) is 0 Å². The van der Waals surface area contributed by atoms with Gasteiger partial charge in [0.2, 0.25) is 5.75 Å². The fourth-order valence-corrected chi connectivity index (χ4v) is 2.81. The molecule has 0 saturated carbocycles. The summed E-state index contributed by atoms with van der Waals surface area (Å²) in [4.78, 5) is 0. The zero-order valence-corrected chi connectivity index (χ0v) is 16.1. The van der Waals surface area contributed by atoms with Crippen LogP contribution < -0.4 is 24.8 Å². The first-order chi connectivity index (χ1) is 11.6. The summed E-state index contributed by atoms with van der Waals surface area (Å²) in [5.74, 6) is 1.80. The van der Waals surface area contributed by atoms with Crippen molar-refractivity contribution in [2.45, 2.75) is 6.54 Å². The maximum atomic E-state index is 5.46. The number of thiocarbonyl (C=S) groups is 1. The summed E-state index contributed by atoms with van der Waals surface area (Å²) < 4.78 is 17.1. The van der Waals surface area contributed by atoms with Gasteiger partial charge in [-0.15, -0.1) is 0 Å². The van der Waals surface area contributed by atoms with E-state index in [4.69, 9.17) is 26.4 Å². The Morgan fingerprint density at radius 2 is 1.79 bits per heavy atom. The first kappa shape index (κ1) is 18.4. The topological polar surface area (TPSA) is 51.8 Å². The van der Waals surface area contributed by atoms with Crippen LogP contribution in [0.4, 0.5) is 5.69 Å². The summed E-state index contributed by atoms with van der Waals surface area (Å²) in [6, 6.07) is 11.5. The van der Waals surface area contributed by atoms with E-state index in [-0.39, 0.29) is 0 Å². The van der Waals surface area contributed by atoms with Crippen LogP contribution in [0, 0.1) is 0 Å². The highest BCUT2D eigenvalue weighted by Gasteiger charge is 2.15. The lowest BCUT2D eigenvalue weighted by atomic mass is 10.1. The second-order valence-electron chi connectivity index (χ2n) is 4.81. The van der Waals surface area contributed by atoms with Crippen LogP contribution in [0.5, 0.6) is 17.2 Å². The van der Waals surface area contributed by atoms with Crippen LogP contribution >= 0.6 is 28.1 Å². The minimum absolute atomic E-state index is 0.489. The molecule has 0 radical (unpaired) electrons. The molecule has 0 fully saturated rings. The van der Waals surface area contributed by atoms with Crippen molar-refractivity contribution in [2.75, 3.05) is 26.6 Å². The van der Waals surface area contributed by atoms with Crippen molar-refractivity contribution < 1.29 is 14.2 Å². The molecule has 0 atom stereocenters. The molecule has 0 unspecified atom stereocenters. The van der Waals surface area contributed by atoms with Crippen molar-refractivity contribution in [1.82, 2.24) is 5.32 Å². The van der Waals surface area contributed by atoms with E-state index in [1.54, 1.807) is 21.3 Å². The summed E-state index contributed by atoms with van der Waals surface area (Å²) in [7, 11) is 4.77. The molecule has 5 nitrogen and oxygen atoms in total. The van der Waals surface area contributed by atoms with E-state index in [0.717, 1.165) is 15.7 Å². The van der Waals surface area contributed by atoms with Crippen LogP contribution in [-0.4, -0.2) is 26.4 Å². The number of anilines is 1. The molecule has 0 amide bonds. The van der Waals surface area contributed by atoms with Gasteiger partial charge in [0.25, 0.3) is 0 Å². The Morgan fingerprint density at radius 1 is 1.04 bits per heavy atom. The lowest BCUT2D eigenvalue weighted by molar-refractivity contribution is 0.322. The standard InChI is InChI=1S/C17H19BrN2O3S/c1-21-14-8-7-11(15(22-2)16(14)23-3)10-19-17(24)20-13-6-4-5-12(18)9-13/h4-9H,10H2,1-3H3,(H2,19,20,24). The third-order valence-electron chi connectivity index (χ3n) is 3.31. The highest BCUT2D eigenvalue weighted by atomic mass is 79.9. The van der Waals surface area contributed by atoms with E-state index in [2.05, 4.69) is 26.6 Å². The molecule has 0 bridgehead atoms. The zero-order valence-electron chi connectivity index (χ0n) is 13.7. The van der Waals surface area contributed by atoms with E-state index in [0.29, 0.717) is 28.9 Å². The number of methoxy groups -OCH3 is 3. The Labute approximate surface area is 155 Å². The number of hydrogen-bond donors (Lipinski definition) is 2. The normalized spacial score (nSPS) is 10.0. The van der Waals surface area contributed by atoms with Crippen molar-refractivity contribution in [2.24, 2.45) is 0 Å². The van der Waals surface area contributed by atoms with Gasteiger partial charge in [0.15, 0.2) is 16.6 Å². The van der Waals surface area contributed by atoms with Gasteiger partial charge in [-0.05, 0) is 42.5 Å².